The molecule has 1 aromatic rings. The summed E-state index contributed by atoms with van der Waals surface area (Å²) < 4.78 is 3.28. The number of nitrogens with two attached hydrogens (primary N) is 1. The molecule has 1 rings (SSSR count). The molecule has 1 unspecified atom stereocenters. The predicted octanol–water partition coefficient (Wildman–Crippen LogP) is 4.31. The van der Waals surface area contributed by atoms with Gasteiger partial charge in [0, 0.05) is 19.0 Å². The number of rotatable bonds is 9. The smallest absolute Gasteiger partial charge is 0.0766 e. The van der Waals surface area contributed by atoms with E-state index in [1.54, 1.807) is 0 Å². The van der Waals surface area contributed by atoms with Crippen LogP contribution in [-0.2, 0) is 19.4 Å². The molecule has 0 saturated carbocycles. The molecule has 0 fully saturated rings. The van der Waals surface area contributed by atoms with E-state index in [9.17, 15) is 0 Å². The Morgan fingerprint density at radius 3 is 2.20 bits per heavy atom. The summed E-state index contributed by atoms with van der Waals surface area (Å²) in [6.07, 6.45) is 6.77. The fourth-order valence-electron chi connectivity index (χ4n) is 2.92. The number of aryl methyl sites for hydroxylation is 2. The average Bonchev–Trinajstić information content (AvgIpc) is 2.75. The molecule has 0 amide bonds. The number of halogens is 1. The molecule has 0 aliphatic rings. The standard InChI is InChI=1S/C16H30BrN3/c1-5-9-12(10-6-2)13(18)11-15-16(17)14(7-3)19-20(15)8-4/h12-13H,5-11,18H2,1-4H3. The van der Waals surface area contributed by atoms with Gasteiger partial charge in [-0.1, -0.05) is 33.6 Å². The van der Waals surface area contributed by atoms with Crippen molar-refractivity contribution in [1.29, 1.82) is 0 Å². The minimum atomic E-state index is 0.234. The molecule has 20 heavy (non-hydrogen) atoms. The number of nitrogens with zero attached hydrogens (tertiary/aromatic N) is 2. The molecular formula is C16H30BrN3. The Kier molecular flexibility index (Phi) is 7.82. The van der Waals surface area contributed by atoms with Gasteiger partial charge in [0.15, 0.2) is 0 Å². The molecule has 1 atom stereocenters. The van der Waals surface area contributed by atoms with Crippen molar-refractivity contribution in [3.63, 3.8) is 0 Å². The highest BCUT2D eigenvalue weighted by Crippen LogP contribution is 2.26. The predicted molar refractivity (Wildman–Crippen MR) is 90.0 cm³/mol. The maximum Gasteiger partial charge on any atom is 0.0766 e. The third-order valence-corrected chi connectivity index (χ3v) is 4.96. The van der Waals surface area contributed by atoms with E-state index in [2.05, 4.69) is 53.4 Å². The van der Waals surface area contributed by atoms with Crippen LogP contribution in [0, 0.1) is 5.92 Å². The van der Waals surface area contributed by atoms with Gasteiger partial charge in [-0.25, -0.2) is 0 Å². The molecule has 116 valence electrons. The molecule has 1 heterocycles. The number of aromatic nitrogens is 2. The molecule has 0 aromatic carbocycles. The molecule has 4 heteroatoms. The van der Waals surface area contributed by atoms with Crippen molar-refractivity contribution in [2.45, 2.75) is 78.8 Å². The van der Waals surface area contributed by atoms with Gasteiger partial charge in [0.05, 0.1) is 15.9 Å². The zero-order valence-electron chi connectivity index (χ0n) is 13.5. The second-order valence-electron chi connectivity index (χ2n) is 5.58. The van der Waals surface area contributed by atoms with Gasteiger partial charge in [0.2, 0.25) is 0 Å². The highest BCUT2D eigenvalue weighted by Gasteiger charge is 2.21. The van der Waals surface area contributed by atoms with Gasteiger partial charge in [0.1, 0.15) is 0 Å². The summed E-state index contributed by atoms with van der Waals surface area (Å²) >= 11 is 3.72. The lowest BCUT2D eigenvalue weighted by Crippen LogP contribution is -2.33. The Hall–Kier alpha value is -0.350. The van der Waals surface area contributed by atoms with Crippen LogP contribution in [0.3, 0.4) is 0 Å². The fourth-order valence-corrected chi connectivity index (χ4v) is 3.64. The molecule has 3 nitrogen and oxygen atoms in total. The van der Waals surface area contributed by atoms with E-state index in [1.807, 2.05) is 0 Å². The van der Waals surface area contributed by atoms with Crippen molar-refractivity contribution in [2.75, 3.05) is 0 Å². The lowest BCUT2D eigenvalue weighted by Gasteiger charge is -2.23. The van der Waals surface area contributed by atoms with Crippen molar-refractivity contribution in [3.05, 3.63) is 15.9 Å². The summed E-state index contributed by atoms with van der Waals surface area (Å²) in [5.74, 6) is 0.627. The van der Waals surface area contributed by atoms with Gasteiger partial charge in [0.25, 0.3) is 0 Å². The molecule has 0 spiro atoms. The summed E-state index contributed by atoms with van der Waals surface area (Å²) in [6.45, 7) is 9.69. The molecule has 2 N–H and O–H groups in total. The second kappa shape index (κ2) is 8.83. The zero-order chi connectivity index (χ0) is 15.1. The molecule has 0 aliphatic heterocycles. The minimum absolute atomic E-state index is 0.234. The fraction of sp³-hybridized carbons (Fsp3) is 0.812. The first-order valence-corrected chi connectivity index (χ1v) is 8.87. The summed E-state index contributed by atoms with van der Waals surface area (Å²) in [5, 5.41) is 4.67. The molecule has 0 saturated heterocycles. The quantitative estimate of drug-likeness (QED) is 0.725. The summed E-state index contributed by atoms with van der Waals surface area (Å²) in [6, 6.07) is 0.234. The van der Waals surface area contributed by atoms with Crippen LogP contribution in [0.25, 0.3) is 0 Å². The van der Waals surface area contributed by atoms with Gasteiger partial charge in [-0.15, -0.1) is 0 Å². The van der Waals surface area contributed by atoms with Gasteiger partial charge in [-0.2, -0.15) is 5.10 Å². The van der Waals surface area contributed by atoms with Crippen molar-refractivity contribution >= 4 is 15.9 Å². The van der Waals surface area contributed by atoms with Crippen LogP contribution in [0.2, 0.25) is 0 Å². The van der Waals surface area contributed by atoms with Crippen molar-refractivity contribution < 1.29 is 0 Å². The van der Waals surface area contributed by atoms with Crippen LogP contribution in [0.15, 0.2) is 4.47 Å². The van der Waals surface area contributed by atoms with Crippen LogP contribution in [0.4, 0.5) is 0 Å². The lowest BCUT2D eigenvalue weighted by molar-refractivity contribution is 0.354. The van der Waals surface area contributed by atoms with Gasteiger partial charge in [-0.05, 0) is 48.0 Å². The molecule has 1 aromatic heterocycles. The topological polar surface area (TPSA) is 43.8 Å². The van der Waals surface area contributed by atoms with Crippen LogP contribution < -0.4 is 5.73 Å². The van der Waals surface area contributed by atoms with E-state index < -0.39 is 0 Å². The van der Waals surface area contributed by atoms with E-state index in [1.165, 1.54) is 35.8 Å². The first kappa shape index (κ1) is 17.7. The maximum absolute atomic E-state index is 6.50. The van der Waals surface area contributed by atoms with Crippen LogP contribution in [0.5, 0.6) is 0 Å². The molecule has 0 radical (unpaired) electrons. The van der Waals surface area contributed by atoms with Crippen molar-refractivity contribution in [3.8, 4) is 0 Å². The normalized spacial score (nSPS) is 13.2. The van der Waals surface area contributed by atoms with Gasteiger partial charge in [-0.3, -0.25) is 4.68 Å². The summed E-state index contributed by atoms with van der Waals surface area (Å²) in [5.41, 5.74) is 8.93. The van der Waals surface area contributed by atoms with Gasteiger partial charge < -0.3 is 5.73 Å². The zero-order valence-corrected chi connectivity index (χ0v) is 15.0. The molecule has 0 aliphatic carbocycles. The SMILES string of the molecule is CCCC(CCC)C(N)Cc1c(Br)c(CC)nn1CC. The van der Waals surface area contributed by atoms with Crippen LogP contribution >= 0.6 is 15.9 Å². The number of hydrogen-bond donors (Lipinski definition) is 1. The highest BCUT2D eigenvalue weighted by molar-refractivity contribution is 9.10. The van der Waals surface area contributed by atoms with Crippen molar-refractivity contribution in [2.24, 2.45) is 11.7 Å². The van der Waals surface area contributed by atoms with E-state index >= 15 is 0 Å². The first-order valence-electron chi connectivity index (χ1n) is 8.08. The summed E-state index contributed by atoms with van der Waals surface area (Å²) in [7, 11) is 0. The molecule has 0 bridgehead atoms. The largest absolute Gasteiger partial charge is 0.327 e. The molecular weight excluding hydrogens is 314 g/mol. The third-order valence-electron chi connectivity index (χ3n) is 4.05. The first-order chi connectivity index (χ1) is 9.58. The van der Waals surface area contributed by atoms with E-state index in [4.69, 9.17) is 5.73 Å². The van der Waals surface area contributed by atoms with E-state index in [0.717, 1.165) is 25.1 Å². The average molecular weight is 344 g/mol. The Morgan fingerprint density at radius 1 is 1.15 bits per heavy atom. The van der Waals surface area contributed by atoms with E-state index in [-0.39, 0.29) is 6.04 Å². The maximum atomic E-state index is 6.50. The Morgan fingerprint density at radius 2 is 1.75 bits per heavy atom. The van der Waals surface area contributed by atoms with Crippen LogP contribution in [0.1, 0.15) is 64.8 Å². The highest BCUT2D eigenvalue weighted by atomic mass is 79.9. The van der Waals surface area contributed by atoms with E-state index in [0.29, 0.717) is 5.92 Å². The second-order valence-corrected chi connectivity index (χ2v) is 6.38. The Balaban J connectivity index is 2.87. The summed E-state index contributed by atoms with van der Waals surface area (Å²) in [4.78, 5) is 0. The van der Waals surface area contributed by atoms with Gasteiger partial charge >= 0.3 is 0 Å². The monoisotopic (exact) mass is 343 g/mol. The number of hydrogen-bond acceptors (Lipinski definition) is 2. The Bertz CT molecular complexity index is 395. The minimum Gasteiger partial charge on any atom is -0.327 e. The van der Waals surface area contributed by atoms with Crippen LogP contribution in [-0.4, -0.2) is 15.8 Å². The third kappa shape index (κ3) is 4.32. The van der Waals surface area contributed by atoms with Crippen molar-refractivity contribution in [1.82, 2.24) is 9.78 Å². The Labute approximate surface area is 132 Å². The lowest BCUT2D eigenvalue weighted by atomic mass is 9.88.